The van der Waals surface area contributed by atoms with Crippen LogP contribution in [0.25, 0.3) is 27.5 Å². The molecule has 9 rings (SSSR count). The molecule has 298 valence electrons. The van der Waals surface area contributed by atoms with E-state index >= 15 is 0 Å². The topological polar surface area (TPSA) is 187 Å². The third kappa shape index (κ3) is 7.94. The minimum atomic E-state index is -0.342. The predicted molar refractivity (Wildman–Crippen MR) is 217 cm³/mol. The summed E-state index contributed by atoms with van der Waals surface area (Å²) in [6.45, 7) is 5.71. The van der Waals surface area contributed by atoms with Gasteiger partial charge in [-0.1, -0.05) is 17.4 Å². The number of hydrogen-bond acceptors (Lipinski definition) is 14. The largest absolute Gasteiger partial charge is 0.381 e. The van der Waals surface area contributed by atoms with E-state index in [1.807, 2.05) is 47.5 Å². The number of nitrogens with one attached hydrogen (secondary N) is 2. The molecule has 0 spiro atoms. The van der Waals surface area contributed by atoms with Crippen LogP contribution in [0.15, 0.2) is 55.0 Å². The molecule has 17 heteroatoms. The Morgan fingerprint density at radius 3 is 2.50 bits per heavy atom. The van der Waals surface area contributed by atoms with Gasteiger partial charge in [0.05, 0.1) is 40.1 Å². The average molecular weight is 801 g/mol. The number of hydrogen-bond donors (Lipinski definition) is 2. The third-order valence-corrected chi connectivity index (χ3v) is 12.8. The van der Waals surface area contributed by atoms with Crippen LogP contribution in [-0.2, 0) is 19.1 Å². The number of rotatable bonds is 9. The summed E-state index contributed by atoms with van der Waals surface area (Å²) in [6.07, 6.45) is 10.2. The normalized spacial score (nSPS) is 19.6. The minimum Gasteiger partial charge on any atom is -0.381 e. The highest BCUT2D eigenvalue weighted by Crippen LogP contribution is 2.37. The first-order valence-electron chi connectivity index (χ1n) is 20.0. The van der Waals surface area contributed by atoms with Crippen LogP contribution in [0.2, 0.25) is 0 Å². The van der Waals surface area contributed by atoms with Crippen molar-refractivity contribution in [2.45, 2.75) is 56.9 Å². The zero-order valence-corrected chi connectivity index (χ0v) is 32.9. The number of imide groups is 1. The van der Waals surface area contributed by atoms with E-state index in [9.17, 15) is 19.6 Å². The van der Waals surface area contributed by atoms with Crippen LogP contribution in [0.1, 0.15) is 62.0 Å². The Bertz CT molecular complexity index is 2350. The number of ether oxygens (including phenoxy) is 1. The van der Waals surface area contributed by atoms with Crippen molar-refractivity contribution in [2.75, 3.05) is 67.6 Å². The van der Waals surface area contributed by atoms with Gasteiger partial charge in [-0.15, -0.1) is 10.2 Å². The zero-order valence-electron chi connectivity index (χ0n) is 32.0. The van der Waals surface area contributed by atoms with Crippen molar-refractivity contribution in [3.63, 3.8) is 0 Å². The fourth-order valence-corrected chi connectivity index (χ4v) is 9.27. The van der Waals surface area contributed by atoms with Crippen molar-refractivity contribution < 1.29 is 19.1 Å². The lowest BCUT2D eigenvalue weighted by Crippen LogP contribution is -2.49. The second-order valence-electron chi connectivity index (χ2n) is 15.4. The van der Waals surface area contributed by atoms with Crippen molar-refractivity contribution in [1.29, 1.82) is 5.26 Å². The first-order valence-corrected chi connectivity index (χ1v) is 20.8. The van der Waals surface area contributed by atoms with Crippen LogP contribution in [0, 0.1) is 17.2 Å². The van der Waals surface area contributed by atoms with Crippen molar-refractivity contribution >= 4 is 51.2 Å². The SMILES string of the molecule is N#Cc1cnn2c(-c3cc(NC4CCOCC4)c(-c4nnc(N5CCN(C(=O)CC6CCN(c7ccc(C8CCC(=O)NC8=O)cn7)CC6)CC5)s4)cn3)ccc2c1. The lowest BCUT2D eigenvalue weighted by molar-refractivity contribution is -0.134. The van der Waals surface area contributed by atoms with Gasteiger partial charge in [0.25, 0.3) is 0 Å². The second kappa shape index (κ2) is 16.5. The van der Waals surface area contributed by atoms with E-state index < -0.39 is 0 Å². The Kier molecular flexibility index (Phi) is 10.7. The molecule has 0 aliphatic carbocycles. The maximum Gasteiger partial charge on any atom is 0.234 e. The molecule has 1 unspecified atom stereocenters. The fraction of sp³-hybridized carbons (Fsp3) is 0.439. The van der Waals surface area contributed by atoms with E-state index in [0.717, 1.165) is 88.4 Å². The van der Waals surface area contributed by atoms with Crippen LogP contribution in [0.5, 0.6) is 0 Å². The Hall–Kier alpha value is -5.99. The predicted octanol–water partition coefficient (Wildman–Crippen LogP) is 4.25. The van der Waals surface area contributed by atoms with Gasteiger partial charge in [-0.2, -0.15) is 10.4 Å². The second-order valence-corrected chi connectivity index (χ2v) is 16.4. The van der Waals surface area contributed by atoms with Crippen molar-refractivity contribution in [2.24, 2.45) is 5.92 Å². The molecule has 5 aromatic heterocycles. The van der Waals surface area contributed by atoms with Crippen LogP contribution in [-0.4, -0.2) is 111 Å². The van der Waals surface area contributed by atoms with Crippen molar-refractivity contribution in [1.82, 2.24) is 40.0 Å². The van der Waals surface area contributed by atoms with Gasteiger partial charge in [-0.25, -0.2) is 9.50 Å². The lowest BCUT2D eigenvalue weighted by Gasteiger charge is -2.36. The van der Waals surface area contributed by atoms with Crippen LogP contribution in [0.3, 0.4) is 0 Å². The van der Waals surface area contributed by atoms with Gasteiger partial charge >= 0.3 is 0 Å². The van der Waals surface area contributed by atoms with Crippen LogP contribution < -0.4 is 20.4 Å². The van der Waals surface area contributed by atoms with E-state index in [-0.39, 0.29) is 29.7 Å². The smallest absolute Gasteiger partial charge is 0.234 e. The Morgan fingerprint density at radius 1 is 0.914 bits per heavy atom. The molecule has 4 saturated heterocycles. The Morgan fingerprint density at radius 2 is 1.74 bits per heavy atom. The lowest BCUT2D eigenvalue weighted by atomic mass is 9.91. The average Bonchev–Trinajstić information content (AvgIpc) is 3.93. The number of anilines is 3. The molecule has 58 heavy (non-hydrogen) atoms. The maximum absolute atomic E-state index is 13.5. The van der Waals surface area contributed by atoms with E-state index in [0.29, 0.717) is 70.1 Å². The first kappa shape index (κ1) is 37.6. The summed E-state index contributed by atoms with van der Waals surface area (Å²) in [7, 11) is 0. The summed E-state index contributed by atoms with van der Waals surface area (Å²) in [5, 5.41) is 30.8. The number of carbonyl (C=O) groups is 3. The summed E-state index contributed by atoms with van der Waals surface area (Å²) in [5.41, 5.74) is 5.52. The summed E-state index contributed by atoms with van der Waals surface area (Å²) in [6, 6.07) is 14.1. The number of piperazine rings is 1. The number of amides is 3. The number of aromatic nitrogens is 6. The quantitative estimate of drug-likeness (QED) is 0.202. The monoisotopic (exact) mass is 800 g/mol. The molecule has 0 saturated carbocycles. The summed E-state index contributed by atoms with van der Waals surface area (Å²) < 4.78 is 7.41. The van der Waals surface area contributed by atoms with Gasteiger partial charge in [-0.05, 0) is 73.9 Å². The highest BCUT2D eigenvalue weighted by molar-refractivity contribution is 7.18. The van der Waals surface area contributed by atoms with Gasteiger partial charge in [0.1, 0.15) is 11.9 Å². The Labute approximate surface area is 339 Å². The molecule has 3 amide bonds. The van der Waals surface area contributed by atoms with Gasteiger partial charge in [0.2, 0.25) is 22.9 Å². The highest BCUT2D eigenvalue weighted by Gasteiger charge is 2.30. The first-order chi connectivity index (χ1) is 28.4. The number of piperidine rings is 2. The number of fused-ring (bicyclic) bond motifs is 1. The number of nitrogens with zero attached hydrogens (tertiary/aromatic N) is 10. The number of nitriles is 1. The molecular formula is C41H44N12O4S. The van der Waals surface area contributed by atoms with Crippen LogP contribution in [0.4, 0.5) is 16.6 Å². The molecule has 4 aliphatic rings. The molecule has 0 radical (unpaired) electrons. The maximum atomic E-state index is 13.5. The van der Waals surface area contributed by atoms with Crippen molar-refractivity contribution in [3.05, 3.63) is 66.1 Å². The van der Waals surface area contributed by atoms with Gasteiger partial charge in [0, 0.05) is 89.4 Å². The van der Waals surface area contributed by atoms with Crippen LogP contribution >= 0.6 is 11.3 Å². The van der Waals surface area contributed by atoms with E-state index in [1.54, 1.807) is 16.9 Å². The summed E-state index contributed by atoms with van der Waals surface area (Å²) >= 11 is 1.53. The van der Waals surface area contributed by atoms with E-state index in [1.165, 1.54) is 11.3 Å². The minimum absolute atomic E-state index is 0.203. The van der Waals surface area contributed by atoms with Gasteiger partial charge in [-0.3, -0.25) is 24.7 Å². The third-order valence-electron chi connectivity index (χ3n) is 11.7. The molecule has 1 atom stereocenters. The molecule has 4 fully saturated rings. The molecular weight excluding hydrogens is 757 g/mol. The van der Waals surface area contributed by atoms with Crippen molar-refractivity contribution in [3.8, 4) is 28.0 Å². The fourth-order valence-electron chi connectivity index (χ4n) is 8.35. The molecule has 4 aliphatic heterocycles. The molecule has 5 aromatic rings. The Balaban J connectivity index is 0.801. The standard InChI is InChI=1S/C41H44N12O4S/c42-22-27-19-30-2-4-35(53(30)45-23-27)34-21-33(46-29-9-17-57-18-10-29)32(25-43-34)40-48-49-41(58-40)52-15-13-51(14-16-52)38(55)20-26-7-11-50(12-8-26)36-5-1-28(24-44-36)31-3-6-37(54)47-39(31)56/h1-2,4-5,19,21,23-26,29,31H,3,6-18,20H2,(H,43,46)(H,47,54,56). The number of carbonyl (C=O) groups excluding carboxylic acids is 3. The molecule has 0 bridgehead atoms. The molecule has 9 heterocycles. The molecule has 16 nitrogen and oxygen atoms in total. The summed E-state index contributed by atoms with van der Waals surface area (Å²) in [4.78, 5) is 53.2. The number of pyridine rings is 2. The molecule has 0 aromatic carbocycles. The van der Waals surface area contributed by atoms with E-state index in [4.69, 9.17) is 9.72 Å². The highest BCUT2D eigenvalue weighted by atomic mass is 32.1. The zero-order chi connectivity index (χ0) is 39.6. The van der Waals surface area contributed by atoms with E-state index in [2.05, 4.69) is 46.8 Å². The van der Waals surface area contributed by atoms with Gasteiger partial charge in [0.15, 0.2) is 5.01 Å². The molecule has 2 N–H and O–H groups in total. The summed E-state index contributed by atoms with van der Waals surface area (Å²) in [5.74, 6) is 0.582. The van der Waals surface area contributed by atoms with Gasteiger partial charge < -0.3 is 24.8 Å².